The van der Waals surface area contributed by atoms with Gasteiger partial charge in [-0.25, -0.2) is 9.97 Å². The van der Waals surface area contributed by atoms with E-state index in [2.05, 4.69) is 46.0 Å². The Morgan fingerprint density at radius 1 is 0.943 bits per heavy atom. The number of benzene rings is 2. The fraction of sp³-hybridized carbons (Fsp3) is 0.414. The molecule has 1 aromatic heterocycles. The summed E-state index contributed by atoms with van der Waals surface area (Å²) < 4.78 is 0. The molecule has 0 unspecified atom stereocenters. The molecule has 2 N–H and O–H groups in total. The number of carbonyl (C=O) groups is 1. The zero-order valence-electron chi connectivity index (χ0n) is 21.2. The summed E-state index contributed by atoms with van der Waals surface area (Å²) in [6, 6.07) is 18.3. The third-order valence-electron chi connectivity index (χ3n) is 6.91. The molecule has 184 valence electrons. The van der Waals surface area contributed by atoms with Crippen LogP contribution in [0.2, 0.25) is 0 Å². The lowest BCUT2D eigenvalue weighted by molar-refractivity contribution is -0.120. The summed E-state index contributed by atoms with van der Waals surface area (Å²) in [6.07, 6.45) is 2.87. The Morgan fingerprint density at radius 2 is 1.60 bits per heavy atom. The zero-order chi connectivity index (χ0) is 24.8. The predicted molar refractivity (Wildman–Crippen MR) is 143 cm³/mol. The normalized spacial score (nSPS) is 15.4. The third-order valence-corrected chi connectivity index (χ3v) is 6.91. The number of ketones is 1. The number of hydrogen-bond donors (Lipinski definition) is 1. The summed E-state index contributed by atoms with van der Waals surface area (Å²) in [6.45, 7) is 11.7. The number of nitrogens with zero attached hydrogens (tertiary/aromatic N) is 4. The van der Waals surface area contributed by atoms with Crippen LogP contribution in [-0.2, 0) is 17.6 Å². The summed E-state index contributed by atoms with van der Waals surface area (Å²) in [5.74, 6) is 1.02. The van der Waals surface area contributed by atoms with Gasteiger partial charge in [-0.15, -0.1) is 0 Å². The molecule has 0 amide bonds. The Morgan fingerprint density at radius 3 is 2.23 bits per heavy atom. The number of aromatic nitrogens is 2. The van der Waals surface area contributed by atoms with Crippen molar-refractivity contribution in [2.45, 2.75) is 39.7 Å². The van der Waals surface area contributed by atoms with Gasteiger partial charge in [0, 0.05) is 56.5 Å². The number of rotatable bonds is 9. The molecule has 1 aliphatic rings. The van der Waals surface area contributed by atoms with Gasteiger partial charge in [0.1, 0.15) is 5.82 Å². The van der Waals surface area contributed by atoms with Crippen molar-refractivity contribution in [3.8, 4) is 11.3 Å². The second kappa shape index (κ2) is 11.6. The Labute approximate surface area is 209 Å². The van der Waals surface area contributed by atoms with Crippen LogP contribution in [0, 0.1) is 5.92 Å². The SMILES string of the molecule is CCN1CCN(c2ccc(Cc3nccc(-c4ccc(CC(=O)[C@H](N)C(C)C)cc4)n3)cc2)CC1. The van der Waals surface area contributed by atoms with Crippen molar-refractivity contribution in [2.24, 2.45) is 11.7 Å². The van der Waals surface area contributed by atoms with Gasteiger partial charge in [0.25, 0.3) is 0 Å². The van der Waals surface area contributed by atoms with Crippen molar-refractivity contribution in [2.75, 3.05) is 37.6 Å². The highest BCUT2D eigenvalue weighted by atomic mass is 16.1. The lowest BCUT2D eigenvalue weighted by atomic mass is 9.95. The molecular formula is C29H37N5O. The van der Waals surface area contributed by atoms with Crippen LogP contribution in [-0.4, -0.2) is 59.4 Å². The van der Waals surface area contributed by atoms with Crippen LogP contribution in [0.15, 0.2) is 60.8 Å². The molecule has 1 saturated heterocycles. The van der Waals surface area contributed by atoms with Gasteiger partial charge in [-0.2, -0.15) is 0 Å². The van der Waals surface area contributed by atoms with Crippen LogP contribution in [0.5, 0.6) is 0 Å². The van der Waals surface area contributed by atoms with E-state index in [1.807, 2.05) is 50.4 Å². The average molecular weight is 472 g/mol. The number of anilines is 1. The lowest BCUT2D eigenvalue weighted by Crippen LogP contribution is -2.46. The minimum atomic E-state index is -0.417. The molecule has 0 spiro atoms. The number of Topliss-reactive ketones (excluding diaryl/α,β-unsaturated/α-hetero) is 1. The van der Waals surface area contributed by atoms with Crippen LogP contribution in [0.4, 0.5) is 5.69 Å². The number of carbonyl (C=O) groups excluding carboxylic acids is 1. The summed E-state index contributed by atoms with van der Waals surface area (Å²) >= 11 is 0. The molecule has 1 atom stereocenters. The molecule has 0 bridgehead atoms. The summed E-state index contributed by atoms with van der Waals surface area (Å²) in [5.41, 5.74) is 11.4. The van der Waals surface area contributed by atoms with Gasteiger partial charge in [-0.1, -0.05) is 57.2 Å². The molecule has 2 heterocycles. The van der Waals surface area contributed by atoms with Gasteiger partial charge < -0.3 is 15.5 Å². The molecule has 35 heavy (non-hydrogen) atoms. The highest BCUT2D eigenvalue weighted by Crippen LogP contribution is 2.21. The molecule has 1 fully saturated rings. The quantitative estimate of drug-likeness (QED) is 0.509. The van der Waals surface area contributed by atoms with Crippen molar-refractivity contribution >= 4 is 11.5 Å². The fourth-order valence-corrected chi connectivity index (χ4v) is 4.46. The van der Waals surface area contributed by atoms with E-state index in [0.717, 1.165) is 55.4 Å². The largest absolute Gasteiger partial charge is 0.369 e. The van der Waals surface area contributed by atoms with E-state index in [-0.39, 0.29) is 11.7 Å². The van der Waals surface area contributed by atoms with Crippen LogP contribution < -0.4 is 10.6 Å². The Bertz CT molecular complexity index is 1100. The molecule has 3 aromatic rings. The predicted octanol–water partition coefficient (Wildman–Crippen LogP) is 3.97. The maximum atomic E-state index is 12.3. The maximum Gasteiger partial charge on any atom is 0.154 e. The summed E-state index contributed by atoms with van der Waals surface area (Å²) in [4.78, 5) is 26.6. The monoisotopic (exact) mass is 471 g/mol. The highest BCUT2D eigenvalue weighted by molar-refractivity contribution is 5.86. The van der Waals surface area contributed by atoms with E-state index in [1.54, 1.807) is 0 Å². The van der Waals surface area contributed by atoms with Crippen LogP contribution in [0.1, 0.15) is 37.7 Å². The van der Waals surface area contributed by atoms with Crippen molar-refractivity contribution in [1.82, 2.24) is 14.9 Å². The maximum absolute atomic E-state index is 12.3. The van der Waals surface area contributed by atoms with E-state index in [1.165, 1.54) is 11.3 Å². The average Bonchev–Trinajstić information content (AvgIpc) is 2.89. The van der Waals surface area contributed by atoms with Crippen LogP contribution >= 0.6 is 0 Å². The van der Waals surface area contributed by atoms with Crippen LogP contribution in [0.25, 0.3) is 11.3 Å². The molecule has 2 aromatic carbocycles. The molecule has 6 heteroatoms. The molecule has 0 radical (unpaired) electrons. The van der Waals surface area contributed by atoms with E-state index >= 15 is 0 Å². The van der Waals surface area contributed by atoms with Gasteiger partial charge in [-0.05, 0) is 41.8 Å². The van der Waals surface area contributed by atoms with Gasteiger partial charge >= 0.3 is 0 Å². The van der Waals surface area contributed by atoms with E-state index in [0.29, 0.717) is 12.8 Å². The Hall–Kier alpha value is -3.09. The van der Waals surface area contributed by atoms with Crippen molar-refractivity contribution < 1.29 is 4.79 Å². The smallest absolute Gasteiger partial charge is 0.154 e. The van der Waals surface area contributed by atoms with Crippen molar-refractivity contribution in [3.63, 3.8) is 0 Å². The Kier molecular flexibility index (Phi) is 8.26. The zero-order valence-corrected chi connectivity index (χ0v) is 21.2. The second-order valence-electron chi connectivity index (χ2n) is 9.73. The lowest BCUT2D eigenvalue weighted by Gasteiger charge is -2.35. The first-order valence-electron chi connectivity index (χ1n) is 12.7. The van der Waals surface area contributed by atoms with E-state index < -0.39 is 6.04 Å². The molecule has 0 saturated carbocycles. The topological polar surface area (TPSA) is 75.3 Å². The summed E-state index contributed by atoms with van der Waals surface area (Å²) in [5, 5.41) is 0. The number of piperazine rings is 1. The number of likely N-dealkylation sites (N-methyl/N-ethyl adjacent to an activating group) is 1. The fourth-order valence-electron chi connectivity index (χ4n) is 4.46. The Balaban J connectivity index is 1.38. The minimum Gasteiger partial charge on any atom is -0.369 e. The van der Waals surface area contributed by atoms with Crippen LogP contribution in [0.3, 0.4) is 0 Å². The minimum absolute atomic E-state index is 0.0753. The van der Waals surface area contributed by atoms with Gasteiger partial charge in [0.05, 0.1) is 11.7 Å². The first kappa shape index (κ1) is 25.0. The molecule has 4 rings (SSSR count). The molecule has 0 aliphatic carbocycles. The summed E-state index contributed by atoms with van der Waals surface area (Å²) in [7, 11) is 0. The van der Waals surface area contributed by atoms with Gasteiger partial charge in [-0.3, -0.25) is 4.79 Å². The second-order valence-corrected chi connectivity index (χ2v) is 9.73. The highest BCUT2D eigenvalue weighted by Gasteiger charge is 2.18. The van der Waals surface area contributed by atoms with E-state index in [4.69, 9.17) is 10.7 Å². The molecule has 6 nitrogen and oxygen atoms in total. The number of hydrogen-bond acceptors (Lipinski definition) is 6. The van der Waals surface area contributed by atoms with Gasteiger partial charge in [0.15, 0.2) is 5.78 Å². The first-order chi connectivity index (χ1) is 16.9. The molecular weight excluding hydrogens is 434 g/mol. The van der Waals surface area contributed by atoms with Crippen molar-refractivity contribution in [1.29, 1.82) is 0 Å². The molecule has 1 aliphatic heterocycles. The van der Waals surface area contributed by atoms with Gasteiger partial charge in [0.2, 0.25) is 0 Å². The van der Waals surface area contributed by atoms with Crippen molar-refractivity contribution in [3.05, 3.63) is 77.7 Å². The number of nitrogens with two attached hydrogens (primary N) is 1. The standard InChI is InChI=1S/C29H37N5O/c1-4-33-15-17-34(18-16-33)25-11-7-23(8-12-25)20-28-31-14-13-26(32-28)24-9-5-22(6-10-24)19-27(35)29(30)21(2)3/h5-14,21,29H,4,15-20,30H2,1-3H3/t29-/m1/s1. The van der Waals surface area contributed by atoms with E-state index in [9.17, 15) is 4.79 Å². The third kappa shape index (κ3) is 6.53. The first-order valence-corrected chi connectivity index (χ1v) is 12.7.